The molecular formula is C17H11NO6. The van der Waals surface area contributed by atoms with Crippen molar-refractivity contribution in [1.82, 2.24) is 5.06 Å². The molecule has 0 unspecified atom stereocenters. The van der Waals surface area contributed by atoms with Gasteiger partial charge in [0.05, 0.1) is 11.1 Å². The van der Waals surface area contributed by atoms with Gasteiger partial charge in [0.1, 0.15) is 18.8 Å². The minimum atomic E-state index is -0.869. The van der Waals surface area contributed by atoms with Crippen LogP contribution in [0, 0.1) is 0 Å². The molecule has 0 saturated carbocycles. The van der Waals surface area contributed by atoms with Crippen molar-refractivity contribution >= 4 is 17.8 Å². The monoisotopic (exact) mass is 325 g/mol. The fourth-order valence-corrected chi connectivity index (χ4v) is 2.62. The number of hydrogen-bond acceptors (Lipinski definition) is 6. The summed E-state index contributed by atoms with van der Waals surface area (Å²) in [7, 11) is 0. The van der Waals surface area contributed by atoms with E-state index in [9.17, 15) is 14.4 Å². The molecule has 24 heavy (non-hydrogen) atoms. The second-order valence-corrected chi connectivity index (χ2v) is 5.16. The van der Waals surface area contributed by atoms with Crippen LogP contribution in [0.3, 0.4) is 0 Å². The zero-order valence-electron chi connectivity index (χ0n) is 12.4. The minimum Gasteiger partial charge on any atom is -0.486 e. The Morgan fingerprint density at radius 2 is 1.58 bits per heavy atom. The Morgan fingerprint density at radius 1 is 0.917 bits per heavy atom. The highest BCUT2D eigenvalue weighted by Crippen LogP contribution is 2.34. The second kappa shape index (κ2) is 5.38. The van der Waals surface area contributed by atoms with Crippen molar-refractivity contribution in [1.29, 1.82) is 0 Å². The predicted molar refractivity (Wildman–Crippen MR) is 79.8 cm³/mol. The van der Waals surface area contributed by atoms with E-state index < -0.39 is 17.8 Å². The number of fused-ring (bicyclic) bond motifs is 2. The Hall–Kier alpha value is -3.35. The van der Waals surface area contributed by atoms with E-state index in [-0.39, 0.29) is 22.4 Å². The molecule has 0 spiro atoms. The molecule has 0 aliphatic carbocycles. The third-order valence-corrected chi connectivity index (χ3v) is 3.72. The van der Waals surface area contributed by atoms with Crippen LogP contribution >= 0.6 is 0 Å². The SMILES string of the molecule is O=C(ON1C(=O)c2ccccc2C1=O)c1cccc2c1OCCO2. The maximum Gasteiger partial charge on any atom is 0.367 e. The summed E-state index contributed by atoms with van der Waals surface area (Å²) in [5, 5.41) is 0.468. The second-order valence-electron chi connectivity index (χ2n) is 5.16. The van der Waals surface area contributed by atoms with Crippen LogP contribution in [0.25, 0.3) is 0 Å². The molecule has 0 fully saturated rings. The van der Waals surface area contributed by atoms with Gasteiger partial charge in [0.2, 0.25) is 0 Å². The number of carbonyl (C=O) groups is 3. The molecule has 0 bridgehead atoms. The van der Waals surface area contributed by atoms with Crippen LogP contribution in [-0.4, -0.2) is 36.1 Å². The standard InChI is InChI=1S/C17H11NO6/c19-15-10-4-1-2-5-11(10)16(20)18(15)24-17(21)12-6-3-7-13-14(12)23-9-8-22-13/h1-7H,8-9H2. The number of imide groups is 1. The van der Waals surface area contributed by atoms with Gasteiger partial charge in [-0.05, 0) is 24.3 Å². The summed E-state index contributed by atoms with van der Waals surface area (Å²) in [4.78, 5) is 41.9. The molecule has 7 nitrogen and oxygen atoms in total. The molecule has 0 radical (unpaired) electrons. The number of hydroxylamine groups is 2. The summed E-state index contributed by atoms with van der Waals surface area (Å²) in [5.41, 5.74) is 0.485. The maximum atomic E-state index is 12.4. The van der Waals surface area contributed by atoms with Crippen molar-refractivity contribution in [2.24, 2.45) is 0 Å². The van der Waals surface area contributed by atoms with E-state index in [0.717, 1.165) is 0 Å². The van der Waals surface area contributed by atoms with Crippen molar-refractivity contribution in [2.45, 2.75) is 0 Å². The fourth-order valence-electron chi connectivity index (χ4n) is 2.62. The number of carbonyl (C=O) groups excluding carboxylic acids is 3. The Bertz CT molecular complexity index is 840. The Labute approximate surface area is 136 Å². The molecule has 0 aromatic heterocycles. The molecular weight excluding hydrogens is 314 g/mol. The van der Waals surface area contributed by atoms with Crippen LogP contribution < -0.4 is 9.47 Å². The largest absolute Gasteiger partial charge is 0.486 e. The molecule has 2 aliphatic heterocycles. The van der Waals surface area contributed by atoms with Gasteiger partial charge in [-0.1, -0.05) is 23.3 Å². The Kier molecular flexibility index (Phi) is 3.19. The molecule has 0 N–H and O–H groups in total. The maximum absolute atomic E-state index is 12.4. The van der Waals surface area contributed by atoms with Gasteiger partial charge >= 0.3 is 5.97 Å². The number of benzene rings is 2. The average Bonchev–Trinajstić information content (AvgIpc) is 2.86. The molecule has 2 aromatic carbocycles. The molecule has 2 heterocycles. The van der Waals surface area contributed by atoms with E-state index in [1.165, 1.54) is 18.2 Å². The molecule has 2 aromatic rings. The third kappa shape index (κ3) is 2.10. The smallest absolute Gasteiger partial charge is 0.367 e. The molecule has 2 amide bonds. The van der Waals surface area contributed by atoms with E-state index in [1.54, 1.807) is 24.3 Å². The highest BCUT2D eigenvalue weighted by Gasteiger charge is 2.39. The van der Waals surface area contributed by atoms with E-state index in [1.807, 2.05) is 0 Å². The molecule has 120 valence electrons. The molecule has 0 atom stereocenters. The van der Waals surface area contributed by atoms with Crippen molar-refractivity contribution < 1.29 is 28.7 Å². The minimum absolute atomic E-state index is 0.0868. The van der Waals surface area contributed by atoms with Gasteiger partial charge in [-0.15, -0.1) is 0 Å². The molecule has 0 saturated heterocycles. The first-order valence-corrected chi connectivity index (χ1v) is 7.25. The van der Waals surface area contributed by atoms with Crippen molar-refractivity contribution in [3.63, 3.8) is 0 Å². The van der Waals surface area contributed by atoms with Gasteiger partial charge in [0, 0.05) is 0 Å². The first-order chi connectivity index (χ1) is 11.7. The third-order valence-electron chi connectivity index (χ3n) is 3.72. The highest BCUT2D eigenvalue weighted by atomic mass is 16.7. The number of para-hydroxylation sites is 1. The zero-order valence-corrected chi connectivity index (χ0v) is 12.4. The van der Waals surface area contributed by atoms with Crippen LogP contribution in [0.2, 0.25) is 0 Å². The Balaban J connectivity index is 1.62. The van der Waals surface area contributed by atoms with E-state index in [2.05, 4.69) is 0 Å². The molecule has 7 heteroatoms. The summed E-state index contributed by atoms with van der Waals surface area (Å²) in [6.45, 7) is 0.675. The van der Waals surface area contributed by atoms with Gasteiger partial charge in [0.25, 0.3) is 11.8 Å². The Morgan fingerprint density at radius 3 is 2.29 bits per heavy atom. The number of nitrogens with zero attached hydrogens (tertiary/aromatic N) is 1. The lowest BCUT2D eigenvalue weighted by Crippen LogP contribution is -2.33. The van der Waals surface area contributed by atoms with Crippen LogP contribution in [0.4, 0.5) is 0 Å². The zero-order chi connectivity index (χ0) is 16.7. The topological polar surface area (TPSA) is 82.1 Å². The first-order valence-electron chi connectivity index (χ1n) is 7.25. The van der Waals surface area contributed by atoms with Crippen LogP contribution in [0.15, 0.2) is 42.5 Å². The number of ether oxygens (including phenoxy) is 2. The lowest BCUT2D eigenvalue weighted by Gasteiger charge is -2.21. The summed E-state index contributed by atoms with van der Waals surface area (Å²) in [6.07, 6.45) is 0. The molecule has 4 rings (SSSR count). The highest BCUT2D eigenvalue weighted by molar-refractivity contribution is 6.21. The van der Waals surface area contributed by atoms with Crippen molar-refractivity contribution in [3.8, 4) is 11.5 Å². The average molecular weight is 325 g/mol. The van der Waals surface area contributed by atoms with Gasteiger partial charge in [0.15, 0.2) is 11.5 Å². The van der Waals surface area contributed by atoms with Crippen molar-refractivity contribution in [2.75, 3.05) is 13.2 Å². The summed E-state index contributed by atoms with van der Waals surface area (Å²) in [5.74, 6) is -1.56. The summed E-state index contributed by atoms with van der Waals surface area (Å²) < 4.78 is 10.8. The van der Waals surface area contributed by atoms with Crippen LogP contribution in [0.5, 0.6) is 11.5 Å². The van der Waals surface area contributed by atoms with Crippen molar-refractivity contribution in [3.05, 3.63) is 59.2 Å². The lowest BCUT2D eigenvalue weighted by atomic mass is 10.1. The predicted octanol–water partition coefficient (Wildman–Crippen LogP) is 1.83. The van der Waals surface area contributed by atoms with E-state index in [4.69, 9.17) is 14.3 Å². The number of amides is 2. The number of hydrogen-bond donors (Lipinski definition) is 0. The van der Waals surface area contributed by atoms with Gasteiger partial charge in [-0.2, -0.15) is 0 Å². The molecule has 2 aliphatic rings. The normalized spacial score (nSPS) is 15.2. The quantitative estimate of drug-likeness (QED) is 0.784. The summed E-state index contributed by atoms with van der Waals surface area (Å²) >= 11 is 0. The fraction of sp³-hybridized carbons (Fsp3) is 0.118. The van der Waals surface area contributed by atoms with Crippen LogP contribution in [0.1, 0.15) is 31.1 Å². The van der Waals surface area contributed by atoms with E-state index >= 15 is 0 Å². The van der Waals surface area contributed by atoms with Gasteiger partial charge in [-0.3, -0.25) is 9.59 Å². The first kappa shape index (κ1) is 14.3. The summed E-state index contributed by atoms with van der Waals surface area (Å²) in [6, 6.07) is 11.0. The van der Waals surface area contributed by atoms with Gasteiger partial charge in [-0.25, -0.2) is 4.79 Å². The lowest BCUT2D eigenvalue weighted by molar-refractivity contribution is -0.0587. The van der Waals surface area contributed by atoms with Crippen LogP contribution in [-0.2, 0) is 4.84 Å². The number of rotatable bonds is 2. The van der Waals surface area contributed by atoms with E-state index in [0.29, 0.717) is 24.0 Å². The van der Waals surface area contributed by atoms with Gasteiger partial charge < -0.3 is 14.3 Å².